The summed E-state index contributed by atoms with van der Waals surface area (Å²) in [6.45, 7) is 5.38. The van der Waals surface area contributed by atoms with E-state index in [9.17, 15) is 13.2 Å². The molecule has 0 radical (unpaired) electrons. The van der Waals surface area contributed by atoms with E-state index in [1.165, 1.54) is 0 Å². The highest BCUT2D eigenvalue weighted by atomic mass is 32.2. The fourth-order valence-electron chi connectivity index (χ4n) is 3.62. The Bertz CT molecular complexity index is 881. The zero-order valence-corrected chi connectivity index (χ0v) is 16.3. The first-order valence-electron chi connectivity index (χ1n) is 9.22. The summed E-state index contributed by atoms with van der Waals surface area (Å²) in [7, 11) is -3.20. The molecule has 1 aromatic heterocycles. The number of aryl methyl sites for hydroxylation is 1. The van der Waals surface area contributed by atoms with Crippen molar-refractivity contribution >= 4 is 26.8 Å². The number of hydrogen-bond acceptors (Lipinski definition) is 3. The summed E-state index contributed by atoms with van der Waals surface area (Å²) >= 11 is 0. The standard InChI is InChI=1S/C19H27N3O3S/c1-3-12-26(24,25)20-17-8-10-21(11-9-17)19(23)14-22-15(2)13-16-6-4-5-7-18(16)22/h4-7,13,17,20H,3,8-12,14H2,1-2H3. The van der Waals surface area contributed by atoms with Crippen LogP contribution >= 0.6 is 0 Å². The number of amides is 1. The maximum Gasteiger partial charge on any atom is 0.242 e. The van der Waals surface area contributed by atoms with E-state index in [1.807, 2.05) is 41.5 Å². The van der Waals surface area contributed by atoms with Crippen molar-refractivity contribution in [2.45, 2.75) is 45.7 Å². The summed E-state index contributed by atoms with van der Waals surface area (Å²) in [5.74, 6) is 0.246. The van der Waals surface area contributed by atoms with Gasteiger partial charge >= 0.3 is 0 Å². The molecule has 0 saturated carbocycles. The minimum Gasteiger partial charge on any atom is -0.341 e. The van der Waals surface area contributed by atoms with Gasteiger partial charge in [-0.3, -0.25) is 4.79 Å². The van der Waals surface area contributed by atoms with Crippen molar-refractivity contribution in [1.82, 2.24) is 14.2 Å². The van der Waals surface area contributed by atoms with Crippen LogP contribution in [0.4, 0.5) is 0 Å². The van der Waals surface area contributed by atoms with Crippen LogP contribution in [0, 0.1) is 6.92 Å². The fourth-order valence-corrected chi connectivity index (χ4v) is 5.02. The van der Waals surface area contributed by atoms with Gasteiger partial charge in [0.15, 0.2) is 0 Å². The SMILES string of the molecule is CCCS(=O)(=O)NC1CCN(C(=O)Cn2c(C)cc3ccccc32)CC1. The van der Waals surface area contributed by atoms with Crippen molar-refractivity contribution in [3.63, 3.8) is 0 Å². The largest absolute Gasteiger partial charge is 0.341 e. The maximum absolute atomic E-state index is 12.7. The Hall–Kier alpha value is -1.86. The van der Waals surface area contributed by atoms with E-state index in [-0.39, 0.29) is 17.7 Å². The second kappa shape index (κ2) is 7.80. The quantitative estimate of drug-likeness (QED) is 0.839. The van der Waals surface area contributed by atoms with Crippen LogP contribution in [-0.4, -0.2) is 48.7 Å². The highest BCUT2D eigenvalue weighted by molar-refractivity contribution is 7.89. The second-order valence-electron chi connectivity index (χ2n) is 7.02. The van der Waals surface area contributed by atoms with Crippen LogP contribution in [0.1, 0.15) is 31.9 Å². The summed E-state index contributed by atoms with van der Waals surface area (Å²) in [6.07, 6.45) is 1.94. The number of fused-ring (bicyclic) bond motifs is 1. The smallest absolute Gasteiger partial charge is 0.242 e. The molecule has 3 rings (SSSR count). The Balaban J connectivity index is 1.59. The van der Waals surface area contributed by atoms with Crippen molar-refractivity contribution in [1.29, 1.82) is 0 Å². The van der Waals surface area contributed by atoms with E-state index in [1.54, 1.807) is 0 Å². The van der Waals surface area contributed by atoms with Gasteiger partial charge in [-0.15, -0.1) is 0 Å². The topological polar surface area (TPSA) is 71.4 Å². The Labute approximate surface area is 155 Å². The molecule has 6 nitrogen and oxygen atoms in total. The number of piperidine rings is 1. The Morgan fingerprint density at radius 3 is 2.62 bits per heavy atom. The fraction of sp³-hybridized carbons (Fsp3) is 0.526. The van der Waals surface area contributed by atoms with Crippen molar-refractivity contribution in [3.8, 4) is 0 Å². The summed E-state index contributed by atoms with van der Waals surface area (Å²) in [4.78, 5) is 14.6. The van der Waals surface area contributed by atoms with E-state index in [0.29, 0.717) is 38.9 Å². The second-order valence-corrected chi connectivity index (χ2v) is 8.90. The molecule has 7 heteroatoms. The van der Waals surface area contributed by atoms with E-state index < -0.39 is 10.0 Å². The van der Waals surface area contributed by atoms with Gasteiger partial charge in [-0.2, -0.15) is 0 Å². The first-order chi connectivity index (χ1) is 12.4. The average molecular weight is 378 g/mol. The van der Waals surface area contributed by atoms with Crippen molar-refractivity contribution < 1.29 is 13.2 Å². The van der Waals surface area contributed by atoms with E-state index in [4.69, 9.17) is 0 Å². The van der Waals surface area contributed by atoms with Crippen molar-refractivity contribution in [2.75, 3.05) is 18.8 Å². The number of carbonyl (C=O) groups excluding carboxylic acids is 1. The minimum absolute atomic E-state index is 0.0651. The van der Waals surface area contributed by atoms with Gasteiger partial charge in [0.1, 0.15) is 6.54 Å². The van der Waals surface area contributed by atoms with Gasteiger partial charge in [0, 0.05) is 30.3 Å². The van der Waals surface area contributed by atoms with Gasteiger partial charge in [0.05, 0.1) is 5.75 Å². The lowest BCUT2D eigenvalue weighted by Gasteiger charge is -2.32. The number of carbonyl (C=O) groups is 1. The molecular formula is C19H27N3O3S. The van der Waals surface area contributed by atoms with Crippen LogP contribution in [-0.2, 0) is 21.4 Å². The number of rotatable bonds is 6. The molecule has 0 spiro atoms. The first-order valence-corrected chi connectivity index (χ1v) is 10.9. The van der Waals surface area contributed by atoms with Crippen molar-refractivity contribution in [3.05, 3.63) is 36.0 Å². The molecule has 142 valence electrons. The number of para-hydroxylation sites is 1. The molecule has 0 atom stereocenters. The molecule has 1 aliphatic rings. The first kappa shape index (κ1) is 18.9. The molecule has 1 aliphatic heterocycles. The maximum atomic E-state index is 12.7. The number of nitrogens with one attached hydrogen (secondary N) is 1. The zero-order chi connectivity index (χ0) is 18.7. The average Bonchev–Trinajstić information content (AvgIpc) is 2.91. The molecular weight excluding hydrogens is 350 g/mol. The Morgan fingerprint density at radius 1 is 1.23 bits per heavy atom. The third kappa shape index (κ3) is 4.27. The lowest BCUT2D eigenvalue weighted by Crippen LogP contribution is -2.47. The molecule has 1 amide bonds. The number of nitrogens with zero attached hydrogens (tertiary/aromatic N) is 2. The van der Waals surface area contributed by atoms with Gasteiger partial charge in [0.2, 0.25) is 15.9 Å². The molecule has 1 N–H and O–H groups in total. The third-order valence-corrected chi connectivity index (χ3v) is 6.62. The lowest BCUT2D eigenvalue weighted by molar-refractivity contribution is -0.132. The van der Waals surface area contributed by atoms with Gasteiger partial charge in [-0.1, -0.05) is 25.1 Å². The summed E-state index contributed by atoms with van der Waals surface area (Å²) in [5, 5.41) is 1.14. The van der Waals surface area contributed by atoms with Gasteiger partial charge in [-0.05, 0) is 43.7 Å². The van der Waals surface area contributed by atoms with Crippen molar-refractivity contribution in [2.24, 2.45) is 0 Å². The molecule has 26 heavy (non-hydrogen) atoms. The van der Waals surface area contributed by atoms with Crippen LogP contribution in [0.15, 0.2) is 30.3 Å². The molecule has 2 aromatic rings. The van der Waals surface area contributed by atoms with Crippen LogP contribution < -0.4 is 4.72 Å². The van der Waals surface area contributed by atoms with E-state index in [2.05, 4.69) is 16.9 Å². The number of aromatic nitrogens is 1. The molecule has 0 unspecified atom stereocenters. The van der Waals surface area contributed by atoms with Crippen LogP contribution in [0.2, 0.25) is 0 Å². The summed E-state index contributed by atoms with van der Waals surface area (Å²) < 4.78 is 28.6. The van der Waals surface area contributed by atoms with E-state index >= 15 is 0 Å². The van der Waals surface area contributed by atoms with Crippen LogP contribution in [0.25, 0.3) is 10.9 Å². The highest BCUT2D eigenvalue weighted by Crippen LogP contribution is 2.20. The van der Waals surface area contributed by atoms with Gasteiger partial charge in [0.25, 0.3) is 0 Å². The number of sulfonamides is 1. The molecule has 1 fully saturated rings. The minimum atomic E-state index is -3.20. The molecule has 1 aromatic carbocycles. The lowest BCUT2D eigenvalue weighted by atomic mass is 10.1. The van der Waals surface area contributed by atoms with E-state index in [0.717, 1.165) is 16.6 Å². The molecule has 0 bridgehead atoms. The predicted molar refractivity (Wildman–Crippen MR) is 103 cm³/mol. The third-order valence-electron chi connectivity index (χ3n) is 4.98. The molecule has 1 saturated heterocycles. The number of benzene rings is 1. The Kier molecular flexibility index (Phi) is 5.67. The number of likely N-dealkylation sites (tertiary alicyclic amines) is 1. The normalized spacial score (nSPS) is 16.3. The van der Waals surface area contributed by atoms with Crippen LogP contribution in [0.3, 0.4) is 0 Å². The number of hydrogen-bond donors (Lipinski definition) is 1. The zero-order valence-electron chi connectivity index (χ0n) is 15.4. The molecule has 2 heterocycles. The highest BCUT2D eigenvalue weighted by Gasteiger charge is 2.26. The summed E-state index contributed by atoms with van der Waals surface area (Å²) in [6, 6.07) is 10.1. The monoisotopic (exact) mass is 377 g/mol. The Morgan fingerprint density at radius 2 is 1.92 bits per heavy atom. The summed E-state index contributed by atoms with van der Waals surface area (Å²) in [5.41, 5.74) is 2.14. The molecule has 0 aliphatic carbocycles. The van der Waals surface area contributed by atoms with Gasteiger partial charge < -0.3 is 9.47 Å². The van der Waals surface area contributed by atoms with Gasteiger partial charge in [-0.25, -0.2) is 13.1 Å². The predicted octanol–water partition coefficient (Wildman–Crippen LogP) is 2.27. The van der Waals surface area contributed by atoms with Crippen LogP contribution in [0.5, 0.6) is 0 Å².